The maximum absolute atomic E-state index is 13.1. The maximum atomic E-state index is 13.1. The molecule has 0 spiro atoms. The molecule has 0 bridgehead atoms. The van der Waals surface area contributed by atoms with Crippen LogP contribution >= 0.6 is 0 Å². The van der Waals surface area contributed by atoms with Gasteiger partial charge in [0.05, 0.1) is 0 Å². The molecule has 42 heavy (non-hydrogen) atoms. The van der Waals surface area contributed by atoms with Gasteiger partial charge in [-0.2, -0.15) is 0 Å². The van der Waals surface area contributed by atoms with Gasteiger partial charge in [0, 0.05) is 5.92 Å². The normalized spacial score (nSPS) is 14.4. The highest BCUT2D eigenvalue weighted by molar-refractivity contribution is 5.90. The number of hydrogen-bond donors (Lipinski definition) is 2. The molecule has 0 fully saturated rings. The SMILES string of the molecule is CC(C)C[C@@H](OC(=O)[C@@H](NC(=O)OC(C)(C)C)C(C)C)C(=O)N[C@H](C)C(=O)O[C@H](C(=O)OCc1ccccc1)C(C)C. The summed E-state index contributed by atoms with van der Waals surface area (Å²) in [6, 6.07) is 6.86. The Balaban J connectivity index is 2.88. The molecule has 0 saturated carbocycles. The Hall–Kier alpha value is -3.63. The Kier molecular flexibility index (Phi) is 14.5. The van der Waals surface area contributed by atoms with Crippen LogP contribution in [0.15, 0.2) is 30.3 Å². The van der Waals surface area contributed by atoms with Crippen LogP contribution in [-0.2, 0) is 44.7 Å². The third-order valence-corrected chi connectivity index (χ3v) is 5.85. The van der Waals surface area contributed by atoms with E-state index in [-0.39, 0.29) is 30.8 Å². The smallest absolute Gasteiger partial charge is 0.408 e. The van der Waals surface area contributed by atoms with Gasteiger partial charge in [0.2, 0.25) is 6.10 Å². The summed E-state index contributed by atoms with van der Waals surface area (Å²) in [5, 5.41) is 5.02. The van der Waals surface area contributed by atoms with Gasteiger partial charge in [0.15, 0.2) is 6.10 Å². The van der Waals surface area contributed by atoms with Crippen LogP contribution in [0.2, 0.25) is 0 Å². The Labute approximate surface area is 249 Å². The van der Waals surface area contributed by atoms with E-state index in [0.29, 0.717) is 0 Å². The summed E-state index contributed by atoms with van der Waals surface area (Å²) in [4.78, 5) is 64.0. The van der Waals surface area contributed by atoms with Crippen LogP contribution in [0.4, 0.5) is 4.79 Å². The molecule has 1 aromatic rings. The Morgan fingerprint density at radius 1 is 0.762 bits per heavy atom. The van der Waals surface area contributed by atoms with E-state index in [1.807, 2.05) is 32.0 Å². The van der Waals surface area contributed by atoms with Gasteiger partial charge in [0.25, 0.3) is 5.91 Å². The number of amides is 2. The molecule has 4 atom stereocenters. The van der Waals surface area contributed by atoms with Crippen molar-refractivity contribution in [2.45, 2.75) is 112 Å². The number of alkyl carbamates (subject to hydrolysis) is 1. The standard InChI is InChI=1S/C31H48N2O9/c1-18(2)16-23(40-28(36)24(19(3)4)33-30(38)42-31(8,9)10)26(34)32-21(7)27(35)41-25(20(5)6)29(37)39-17-22-14-12-11-13-15-22/h11-15,18-21,23-25H,16-17H2,1-10H3,(H,32,34)(H,33,38)/t21-,23-,24+,25+/m1/s1. The number of rotatable bonds is 14. The largest absolute Gasteiger partial charge is 0.458 e. The van der Waals surface area contributed by atoms with Gasteiger partial charge in [-0.15, -0.1) is 0 Å². The van der Waals surface area contributed by atoms with Crippen molar-refractivity contribution in [2.24, 2.45) is 17.8 Å². The summed E-state index contributed by atoms with van der Waals surface area (Å²) in [6.07, 6.45) is -3.06. The van der Waals surface area contributed by atoms with E-state index in [9.17, 15) is 24.0 Å². The van der Waals surface area contributed by atoms with Crippen molar-refractivity contribution < 1.29 is 42.9 Å². The molecule has 0 aliphatic rings. The second kappa shape index (κ2) is 16.7. The quantitative estimate of drug-likeness (QED) is 0.238. The first kappa shape index (κ1) is 36.4. The van der Waals surface area contributed by atoms with Gasteiger partial charge in [-0.1, -0.05) is 71.9 Å². The molecule has 0 aromatic heterocycles. The first-order valence-corrected chi connectivity index (χ1v) is 14.3. The fraction of sp³-hybridized carbons (Fsp3) is 0.645. The molecular weight excluding hydrogens is 544 g/mol. The molecule has 0 aliphatic carbocycles. The van der Waals surface area contributed by atoms with E-state index in [2.05, 4.69) is 10.6 Å². The third kappa shape index (κ3) is 13.4. The van der Waals surface area contributed by atoms with Crippen molar-refractivity contribution in [1.82, 2.24) is 10.6 Å². The number of esters is 3. The molecule has 236 valence electrons. The number of carbonyl (C=O) groups is 5. The van der Waals surface area contributed by atoms with Crippen LogP contribution in [-0.4, -0.2) is 59.8 Å². The first-order valence-electron chi connectivity index (χ1n) is 14.3. The van der Waals surface area contributed by atoms with Gasteiger partial charge >= 0.3 is 24.0 Å². The summed E-state index contributed by atoms with van der Waals surface area (Å²) in [6.45, 7) is 17.1. The Morgan fingerprint density at radius 2 is 1.36 bits per heavy atom. The highest BCUT2D eigenvalue weighted by atomic mass is 16.6. The number of hydrogen-bond acceptors (Lipinski definition) is 9. The van der Waals surface area contributed by atoms with Gasteiger partial charge in [-0.05, 0) is 51.5 Å². The van der Waals surface area contributed by atoms with E-state index in [0.717, 1.165) is 5.56 Å². The maximum Gasteiger partial charge on any atom is 0.408 e. The highest BCUT2D eigenvalue weighted by Crippen LogP contribution is 2.16. The molecule has 0 heterocycles. The van der Waals surface area contributed by atoms with Gasteiger partial charge < -0.3 is 29.6 Å². The van der Waals surface area contributed by atoms with Gasteiger partial charge in [0.1, 0.15) is 24.3 Å². The van der Waals surface area contributed by atoms with Crippen molar-refractivity contribution in [3.05, 3.63) is 35.9 Å². The fourth-order valence-corrected chi connectivity index (χ4v) is 3.64. The van der Waals surface area contributed by atoms with Crippen LogP contribution in [0.3, 0.4) is 0 Å². The van der Waals surface area contributed by atoms with E-state index in [1.54, 1.807) is 60.6 Å². The minimum Gasteiger partial charge on any atom is -0.458 e. The number of nitrogens with one attached hydrogen (secondary N) is 2. The molecule has 0 saturated heterocycles. The molecule has 0 radical (unpaired) electrons. The molecule has 11 nitrogen and oxygen atoms in total. The lowest BCUT2D eigenvalue weighted by atomic mass is 10.0. The van der Waals surface area contributed by atoms with E-state index in [1.165, 1.54) is 6.92 Å². The molecular formula is C31H48N2O9. The van der Waals surface area contributed by atoms with Crippen LogP contribution in [0.5, 0.6) is 0 Å². The molecule has 2 N–H and O–H groups in total. The Morgan fingerprint density at radius 3 is 1.86 bits per heavy atom. The van der Waals surface area contributed by atoms with E-state index >= 15 is 0 Å². The van der Waals surface area contributed by atoms with E-state index in [4.69, 9.17) is 18.9 Å². The fourth-order valence-electron chi connectivity index (χ4n) is 3.64. The predicted molar refractivity (Wildman–Crippen MR) is 156 cm³/mol. The van der Waals surface area contributed by atoms with Crippen molar-refractivity contribution >= 4 is 29.9 Å². The van der Waals surface area contributed by atoms with Crippen LogP contribution in [0.25, 0.3) is 0 Å². The molecule has 1 rings (SSSR count). The zero-order chi connectivity index (χ0) is 32.2. The van der Waals surface area contributed by atoms with Crippen molar-refractivity contribution in [2.75, 3.05) is 0 Å². The Bertz CT molecular complexity index is 1050. The van der Waals surface area contributed by atoms with Crippen LogP contribution in [0, 0.1) is 17.8 Å². The lowest BCUT2D eigenvalue weighted by Crippen LogP contribution is -2.51. The first-order chi connectivity index (χ1) is 19.4. The number of carbonyl (C=O) groups excluding carboxylic acids is 5. The minimum absolute atomic E-state index is 0.0230. The summed E-state index contributed by atoms with van der Waals surface area (Å²) in [5.74, 6) is -3.88. The summed E-state index contributed by atoms with van der Waals surface area (Å²) >= 11 is 0. The average molecular weight is 593 g/mol. The van der Waals surface area contributed by atoms with Crippen LogP contribution in [0.1, 0.15) is 81.2 Å². The second-order valence-corrected chi connectivity index (χ2v) is 12.3. The molecule has 0 unspecified atom stereocenters. The van der Waals surface area contributed by atoms with Gasteiger partial charge in [-0.3, -0.25) is 4.79 Å². The predicted octanol–water partition coefficient (Wildman–Crippen LogP) is 4.31. The third-order valence-electron chi connectivity index (χ3n) is 5.85. The number of ether oxygens (including phenoxy) is 4. The van der Waals surface area contributed by atoms with Crippen molar-refractivity contribution in [3.63, 3.8) is 0 Å². The average Bonchev–Trinajstić information content (AvgIpc) is 2.87. The van der Waals surface area contributed by atoms with Crippen molar-refractivity contribution in [3.8, 4) is 0 Å². The number of benzene rings is 1. The lowest BCUT2D eigenvalue weighted by Gasteiger charge is -2.27. The van der Waals surface area contributed by atoms with Gasteiger partial charge in [-0.25, -0.2) is 19.2 Å². The topological polar surface area (TPSA) is 146 Å². The monoisotopic (exact) mass is 592 g/mol. The molecule has 11 heteroatoms. The zero-order valence-electron chi connectivity index (χ0n) is 26.5. The molecule has 0 aliphatic heterocycles. The summed E-state index contributed by atoms with van der Waals surface area (Å²) < 4.78 is 21.5. The molecule has 2 amide bonds. The van der Waals surface area contributed by atoms with Crippen molar-refractivity contribution in [1.29, 1.82) is 0 Å². The molecule has 1 aromatic carbocycles. The van der Waals surface area contributed by atoms with Crippen LogP contribution < -0.4 is 10.6 Å². The summed E-state index contributed by atoms with van der Waals surface area (Å²) in [7, 11) is 0. The second-order valence-electron chi connectivity index (χ2n) is 12.3. The zero-order valence-corrected chi connectivity index (χ0v) is 26.5. The minimum atomic E-state index is -1.24. The van der Waals surface area contributed by atoms with E-state index < -0.39 is 59.8 Å². The lowest BCUT2D eigenvalue weighted by molar-refractivity contribution is -0.173. The summed E-state index contributed by atoms with van der Waals surface area (Å²) in [5.41, 5.74) is 0.0140. The highest BCUT2D eigenvalue weighted by Gasteiger charge is 2.35.